The van der Waals surface area contributed by atoms with E-state index in [-0.39, 0.29) is 17.7 Å². The first-order valence-corrected chi connectivity index (χ1v) is 7.34. The zero-order valence-electron chi connectivity index (χ0n) is 11.9. The number of likely N-dealkylation sites (tertiary alicyclic amines) is 1. The van der Waals surface area contributed by atoms with E-state index in [1.165, 1.54) is 19.3 Å². The summed E-state index contributed by atoms with van der Waals surface area (Å²) in [6.07, 6.45) is 5.88. The zero-order chi connectivity index (χ0) is 14.0. The Labute approximate surface area is 114 Å². The molecular weight excluding hydrogens is 242 g/mol. The summed E-state index contributed by atoms with van der Waals surface area (Å²) in [6.45, 7) is 4.70. The molecule has 2 rings (SSSR count). The number of rotatable bonds is 3. The summed E-state index contributed by atoms with van der Waals surface area (Å²) in [5, 5.41) is 11.9. The summed E-state index contributed by atoms with van der Waals surface area (Å²) >= 11 is 0. The maximum absolute atomic E-state index is 12.7. The lowest BCUT2D eigenvalue weighted by Gasteiger charge is -2.40. The fourth-order valence-electron chi connectivity index (χ4n) is 3.72. The number of oxime groups is 1. The molecule has 0 aromatic carbocycles. The first-order chi connectivity index (χ1) is 9.06. The number of fused-ring (bicyclic) bond motifs is 1. The molecular formula is C14H25N3O2. The molecule has 0 aromatic heterocycles. The van der Waals surface area contributed by atoms with E-state index in [2.05, 4.69) is 5.16 Å². The normalized spacial score (nSPS) is 29.4. The van der Waals surface area contributed by atoms with E-state index in [0.717, 1.165) is 19.4 Å². The molecule has 3 atom stereocenters. The lowest BCUT2D eigenvalue weighted by molar-refractivity contribution is -0.139. The second-order valence-electron chi connectivity index (χ2n) is 6.18. The van der Waals surface area contributed by atoms with Crippen molar-refractivity contribution in [2.45, 2.75) is 52.0 Å². The average molecular weight is 267 g/mol. The highest BCUT2D eigenvalue weighted by molar-refractivity contribution is 6.02. The first kappa shape index (κ1) is 14.2. The summed E-state index contributed by atoms with van der Waals surface area (Å²) in [7, 11) is 0. The first-order valence-electron chi connectivity index (χ1n) is 7.34. The van der Waals surface area contributed by atoms with Crippen molar-refractivity contribution in [3.8, 4) is 0 Å². The Morgan fingerprint density at radius 2 is 2.00 bits per heavy atom. The van der Waals surface area contributed by atoms with Gasteiger partial charge in [0.2, 0.25) is 5.91 Å². The molecule has 2 aliphatic rings. The number of amidine groups is 1. The topological polar surface area (TPSA) is 78.9 Å². The molecule has 2 fully saturated rings. The summed E-state index contributed by atoms with van der Waals surface area (Å²) < 4.78 is 0. The third-order valence-electron chi connectivity index (χ3n) is 4.64. The predicted molar refractivity (Wildman–Crippen MR) is 73.8 cm³/mol. The molecule has 19 heavy (non-hydrogen) atoms. The molecule has 1 saturated carbocycles. The fraction of sp³-hybridized carbons (Fsp3) is 0.857. The van der Waals surface area contributed by atoms with Crippen LogP contribution in [0, 0.1) is 17.8 Å². The van der Waals surface area contributed by atoms with E-state index >= 15 is 0 Å². The van der Waals surface area contributed by atoms with Crippen LogP contribution in [0.5, 0.6) is 0 Å². The molecule has 0 aromatic rings. The Morgan fingerprint density at radius 3 is 2.63 bits per heavy atom. The van der Waals surface area contributed by atoms with E-state index in [9.17, 15) is 4.79 Å². The Morgan fingerprint density at radius 1 is 1.32 bits per heavy atom. The molecule has 0 spiro atoms. The summed E-state index contributed by atoms with van der Waals surface area (Å²) in [4.78, 5) is 14.7. The van der Waals surface area contributed by atoms with Gasteiger partial charge in [0, 0.05) is 12.6 Å². The lowest BCUT2D eigenvalue weighted by atomic mass is 9.88. The highest BCUT2D eigenvalue weighted by Crippen LogP contribution is 2.37. The second kappa shape index (κ2) is 5.80. The van der Waals surface area contributed by atoms with Gasteiger partial charge in [0.05, 0.1) is 0 Å². The lowest BCUT2D eigenvalue weighted by Crippen LogP contribution is -2.52. The van der Waals surface area contributed by atoms with Crippen molar-refractivity contribution in [2.75, 3.05) is 6.54 Å². The SMILES string of the molecule is CC(C)C(C(=O)N1CCCC2CCCC21)C(N)=NO. The summed E-state index contributed by atoms with van der Waals surface area (Å²) in [5.41, 5.74) is 5.72. The predicted octanol–water partition coefficient (Wildman–Crippen LogP) is 1.80. The molecule has 1 amide bonds. The van der Waals surface area contributed by atoms with Crippen LogP contribution < -0.4 is 5.73 Å². The number of hydrogen-bond acceptors (Lipinski definition) is 3. The van der Waals surface area contributed by atoms with Gasteiger partial charge >= 0.3 is 0 Å². The van der Waals surface area contributed by atoms with Crippen molar-refractivity contribution in [2.24, 2.45) is 28.6 Å². The number of carbonyl (C=O) groups is 1. The number of nitrogens with two attached hydrogens (primary N) is 1. The van der Waals surface area contributed by atoms with Gasteiger partial charge in [-0.15, -0.1) is 0 Å². The third kappa shape index (κ3) is 2.69. The van der Waals surface area contributed by atoms with E-state index in [4.69, 9.17) is 10.9 Å². The van der Waals surface area contributed by atoms with Crippen LogP contribution in [0.4, 0.5) is 0 Å². The minimum absolute atomic E-state index is 0.0418. The molecule has 0 radical (unpaired) electrons. The highest BCUT2D eigenvalue weighted by Gasteiger charge is 2.41. The Hall–Kier alpha value is -1.26. The largest absolute Gasteiger partial charge is 0.409 e. The number of amides is 1. The minimum atomic E-state index is -0.496. The van der Waals surface area contributed by atoms with Crippen molar-refractivity contribution in [3.63, 3.8) is 0 Å². The van der Waals surface area contributed by atoms with Crippen LogP contribution in [0.25, 0.3) is 0 Å². The molecule has 0 bridgehead atoms. The van der Waals surface area contributed by atoms with E-state index < -0.39 is 5.92 Å². The van der Waals surface area contributed by atoms with Gasteiger partial charge in [-0.3, -0.25) is 4.79 Å². The van der Waals surface area contributed by atoms with Gasteiger partial charge in [0.1, 0.15) is 5.92 Å². The van der Waals surface area contributed by atoms with Gasteiger partial charge in [0.25, 0.3) is 0 Å². The van der Waals surface area contributed by atoms with Gasteiger partial charge < -0.3 is 15.8 Å². The van der Waals surface area contributed by atoms with Crippen LogP contribution >= 0.6 is 0 Å². The van der Waals surface area contributed by atoms with Crippen LogP contribution in [0.15, 0.2) is 5.16 Å². The van der Waals surface area contributed by atoms with Crippen molar-refractivity contribution >= 4 is 11.7 Å². The molecule has 108 valence electrons. The standard InChI is InChI=1S/C14H25N3O2/c1-9(2)12(13(15)16-19)14(18)17-8-4-6-10-5-3-7-11(10)17/h9-12,19H,3-8H2,1-2H3,(H2,15,16). The molecule has 1 heterocycles. The quantitative estimate of drug-likeness (QED) is 0.354. The summed E-state index contributed by atoms with van der Waals surface area (Å²) in [5.74, 6) is 0.300. The molecule has 3 unspecified atom stereocenters. The van der Waals surface area contributed by atoms with Crippen LogP contribution in [0.3, 0.4) is 0 Å². The van der Waals surface area contributed by atoms with E-state index in [0.29, 0.717) is 12.0 Å². The van der Waals surface area contributed by atoms with Gasteiger partial charge in [-0.2, -0.15) is 0 Å². The second-order valence-corrected chi connectivity index (χ2v) is 6.18. The fourth-order valence-corrected chi connectivity index (χ4v) is 3.72. The zero-order valence-corrected chi connectivity index (χ0v) is 11.9. The minimum Gasteiger partial charge on any atom is -0.409 e. The third-order valence-corrected chi connectivity index (χ3v) is 4.64. The average Bonchev–Trinajstić information content (AvgIpc) is 2.85. The maximum atomic E-state index is 12.7. The van der Waals surface area contributed by atoms with Crippen molar-refractivity contribution in [1.29, 1.82) is 0 Å². The molecule has 5 nitrogen and oxygen atoms in total. The van der Waals surface area contributed by atoms with Crippen molar-refractivity contribution in [3.05, 3.63) is 0 Å². The van der Waals surface area contributed by atoms with Gasteiger partial charge in [-0.05, 0) is 37.5 Å². The van der Waals surface area contributed by atoms with E-state index in [1.54, 1.807) is 0 Å². The Balaban J connectivity index is 2.16. The van der Waals surface area contributed by atoms with Gasteiger partial charge in [-0.25, -0.2) is 0 Å². The van der Waals surface area contributed by atoms with E-state index in [1.807, 2.05) is 18.7 Å². The van der Waals surface area contributed by atoms with Crippen molar-refractivity contribution < 1.29 is 10.0 Å². The molecule has 1 aliphatic heterocycles. The highest BCUT2D eigenvalue weighted by atomic mass is 16.4. The van der Waals surface area contributed by atoms with Crippen LogP contribution in [0.2, 0.25) is 0 Å². The summed E-state index contributed by atoms with van der Waals surface area (Å²) in [6, 6.07) is 0.383. The Kier molecular flexibility index (Phi) is 4.32. The molecule has 5 heteroatoms. The monoisotopic (exact) mass is 267 g/mol. The number of piperidine rings is 1. The maximum Gasteiger partial charge on any atom is 0.233 e. The molecule has 1 aliphatic carbocycles. The Bertz CT molecular complexity index is 368. The van der Waals surface area contributed by atoms with Crippen molar-refractivity contribution in [1.82, 2.24) is 4.90 Å². The van der Waals surface area contributed by atoms with Gasteiger partial charge in [0.15, 0.2) is 5.84 Å². The van der Waals surface area contributed by atoms with Gasteiger partial charge in [-0.1, -0.05) is 25.4 Å². The smallest absolute Gasteiger partial charge is 0.233 e. The number of hydrogen-bond donors (Lipinski definition) is 2. The van der Waals surface area contributed by atoms with Crippen LogP contribution in [0.1, 0.15) is 46.0 Å². The van der Waals surface area contributed by atoms with Crippen LogP contribution in [-0.4, -0.2) is 34.4 Å². The van der Waals surface area contributed by atoms with Crippen LogP contribution in [-0.2, 0) is 4.79 Å². The number of nitrogens with zero attached hydrogens (tertiary/aromatic N) is 2. The number of carbonyl (C=O) groups excluding carboxylic acids is 1. The molecule has 1 saturated heterocycles. The molecule has 3 N–H and O–H groups in total.